The summed E-state index contributed by atoms with van der Waals surface area (Å²) in [5, 5.41) is 0. The van der Waals surface area contributed by atoms with Crippen molar-refractivity contribution in [2.24, 2.45) is 17.8 Å². The molecule has 2 aliphatic rings. The molecule has 1 heteroatoms. The zero-order valence-electron chi connectivity index (χ0n) is 9.50. The van der Waals surface area contributed by atoms with Crippen LogP contribution in [0.25, 0.3) is 0 Å². The van der Waals surface area contributed by atoms with Gasteiger partial charge in [-0.3, -0.25) is 0 Å². The molecule has 2 rings (SSSR count). The van der Waals surface area contributed by atoms with E-state index in [4.69, 9.17) is 4.74 Å². The quantitative estimate of drug-likeness (QED) is 0.655. The summed E-state index contributed by atoms with van der Waals surface area (Å²) in [5.41, 5.74) is 0. The van der Waals surface area contributed by atoms with Crippen LogP contribution >= 0.6 is 0 Å². The lowest BCUT2D eigenvalue weighted by Crippen LogP contribution is -2.23. The van der Waals surface area contributed by atoms with Gasteiger partial charge in [-0.2, -0.15) is 0 Å². The van der Waals surface area contributed by atoms with Crippen LogP contribution in [0, 0.1) is 17.8 Å². The zero-order valence-corrected chi connectivity index (χ0v) is 9.50. The molecule has 0 aromatic carbocycles. The molecule has 1 heterocycles. The predicted molar refractivity (Wildman–Crippen MR) is 59.3 cm³/mol. The minimum Gasteiger partial charge on any atom is -0.381 e. The Bertz CT molecular complexity index is 161. The van der Waals surface area contributed by atoms with E-state index >= 15 is 0 Å². The first-order valence-corrected chi connectivity index (χ1v) is 6.44. The van der Waals surface area contributed by atoms with Gasteiger partial charge in [-0.1, -0.05) is 32.6 Å². The molecule has 14 heavy (non-hydrogen) atoms. The van der Waals surface area contributed by atoms with Gasteiger partial charge >= 0.3 is 0 Å². The molecule has 2 fully saturated rings. The van der Waals surface area contributed by atoms with Crippen LogP contribution in [0.4, 0.5) is 0 Å². The number of rotatable bonds is 2. The highest BCUT2D eigenvalue weighted by atomic mass is 16.5. The molecule has 0 unspecified atom stereocenters. The third-order valence-electron chi connectivity index (χ3n) is 4.27. The fraction of sp³-hybridized carbons (Fsp3) is 1.00. The maximum atomic E-state index is 5.42. The fourth-order valence-electron chi connectivity index (χ4n) is 3.15. The zero-order chi connectivity index (χ0) is 9.80. The summed E-state index contributed by atoms with van der Waals surface area (Å²) in [4.78, 5) is 0. The Morgan fingerprint density at radius 3 is 2.43 bits per heavy atom. The monoisotopic (exact) mass is 196 g/mol. The van der Waals surface area contributed by atoms with Crippen LogP contribution in [0.1, 0.15) is 51.9 Å². The molecule has 0 bridgehead atoms. The summed E-state index contributed by atoms with van der Waals surface area (Å²) in [6.45, 7) is 4.50. The molecular formula is C13H24O. The molecule has 1 aliphatic heterocycles. The third kappa shape index (κ3) is 2.73. The van der Waals surface area contributed by atoms with E-state index in [1.54, 1.807) is 0 Å². The van der Waals surface area contributed by atoms with Crippen molar-refractivity contribution in [3.05, 3.63) is 0 Å². The number of hydrogen-bond acceptors (Lipinski definition) is 1. The fourth-order valence-corrected chi connectivity index (χ4v) is 3.15. The highest BCUT2D eigenvalue weighted by Crippen LogP contribution is 2.36. The van der Waals surface area contributed by atoms with E-state index in [0.29, 0.717) is 0 Å². The number of hydrogen-bond donors (Lipinski definition) is 0. The van der Waals surface area contributed by atoms with Crippen molar-refractivity contribution in [3.8, 4) is 0 Å². The minimum absolute atomic E-state index is 0.981. The van der Waals surface area contributed by atoms with Crippen molar-refractivity contribution in [1.29, 1.82) is 0 Å². The van der Waals surface area contributed by atoms with Crippen molar-refractivity contribution in [2.45, 2.75) is 51.9 Å². The van der Waals surface area contributed by atoms with E-state index < -0.39 is 0 Å². The summed E-state index contributed by atoms with van der Waals surface area (Å²) in [6, 6.07) is 0. The van der Waals surface area contributed by atoms with Gasteiger partial charge in [-0.05, 0) is 37.0 Å². The predicted octanol–water partition coefficient (Wildman–Crippen LogP) is 3.63. The molecule has 0 spiro atoms. The van der Waals surface area contributed by atoms with Gasteiger partial charge in [0, 0.05) is 13.2 Å². The van der Waals surface area contributed by atoms with Gasteiger partial charge in [0.25, 0.3) is 0 Å². The van der Waals surface area contributed by atoms with Crippen LogP contribution < -0.4 is 0 Å². The largest absolute Gasteiger partial charge is 0.381 e. The molecular weight excluding hydrogens is 172 g/mol. The van der Waals surface area contributed by atoms with E-state index in [2.05, 4.69) is 6.92 Å². The van der Waals surface area contributed by atoms with Crippen LogP contribution in [0.2, 0.25) is 0 Å². The van der Waals surface area contributed by atoms with Gasteiger partial charge < -0.3 is 4.74 Å². The Morgan fingerprint density at radius 1 is 1.00 bits per heavy atom. The van der Waals surface area contributed by atoms with Crippen LogP contribution in [0.5, 0.6) is 0 Å². The molecule has 82 valence electrons. The van der Waals surface area contributed by atoms with Crippen molar-refractivity contribution in [1.82, 2.24) is 0 Å². The van der Waals surface area contributed by atoms with E-state index in [9.17, 15) is 0 Å². The molecule has 0 aromatic heterocycles. The average molecular weight is 196 g/mol. The first-order chi connectivity index (χ1) is 6.86. The molecule has 1 nitrogen and oxygen atoms in total. The van der Waals surface area contributed by atoms with Crippen molar-refractivity contribution < 1.29 is 4.74 Å². The first-order valence-electron chi connectivity index (χ1n) is 6.44. The summed E-state index contributed by atoms with van der Waals surface area (Å²) in [7, 11) is 0. The van der Waals surface area contributed by atoms with E-state index in [-0.39, 0.29) is 0 Å². The molecule has 0 amide bonds. The second-order valence-electron chi connectivity index (χ2n) is 5.31. The lowest BCUT2D eigenvalue weighted by Gasteiger charge is -2.33. The van der Waals surface area contributed by atoms with Crippen molar-refractivity contribution in [3.63, 3.8) is 0 Å². The van der Waals surface area contributed by atoms with Gasteiger partial charge in [0.2, 0.25) is 0 Å². The summed E-state index contributed by atoms with van der Waals surface area (Å²) < 4.78 is 5.42. The highest BCUT2D eigenvalue weighted by molar-refractivity contribution is 4.76. The van der Waals surface area contributed by atoms with E-state index in [1.165, 1.54) is 44.9 Å². The van der Waals surface area contributed by atoms with Crippen molar-refractivity contribution in [2.75, 3.05) is 13.2 Å². The SMILES string of the molecule is C[C@H]1CCCC[C@H]1CC1CCOCC1. The third-order valence-corrected chi connectivity index (χ3v) is 4.27. The Labute approximate surface area is 88.2 Å². The van der Waals surface area contributed by atoms with Crippen LogP contribution in [-0.2, 0) is 4.74 Å². The van der Waals surface area contributed by atoms with Gasteiger partial charge in [-0.25, -0.2) is 0 Å². The lowest BCUT2D eigenvalue weighted by molar-refractivity contribution is 0.0517. The van der Waals surface area contributed by atoms with Gasteiger partial charge in [0.1, 0.15) is 0 Å². The summed E-state index contributed by atoms with van der Waals surface area (Å²) in [6.07, 6.45) is 10.1. The molecule has 1 aliphatic carbocycles. The second-order valence-corrected chi connectivity index (χ2v) is 5.31. The normalized spacial score (nSPS) is 35.8. The van der Waals surface area contributed by atoms with Crippen LogP contribution in [-0.4, -0.2) is 13.2 Å². The number of ether oxygens (including phenoxy) is 1. The summed E-state index contributed by atoms with van der Waals surface area (Å²) >= 11 is 0. The maximum absolute atomic E-state index is 5.42. The minimum atomic E-state index is 0.981. The van der Waals surface area contributed by atoms with E-state index in [1.807, 2.05) is 0 Å². The van der Waals surface area contributed by atoms with Crippen LogP contribution in [0.3, 0.4) is 0 Å². The Morgan fingerprint density at radius 2 is 1.71 bits per heavy atom. The maximum Gasteiger partial charge on any atom is 0.0468 e. The molecule has 0 radical (unpaired) electrons. The topological polar surface area (TPSA) is 9.23 Å². The van der Waals surface area contributed by atoms with Crippen LogP contribution in [0.15, 0.2) is 0 Å². The summed E-state index contributed by atoms with van der Waals surface area (Å²) in [5.74, 6) is 3.01. The molecule has 1 saturated heterocycles. The highest BCUT2D eigenvalue weighted by Gasteiger charge is 2.25. The average Bonchev–Trinajstić information content (AvgIpc) is 2.23. The smallest absolute Gasteiger partial charge is 0.0468 e. The standard InChI is InChI=1S/C13H24O/c1-11-4-2-3-5-13(11)10-12-6-8-14-9-7-12/h11-13H,2-10H2,1H3/t11-,13-/m0/s1. The molecule has 2 atom stereocenters. The Balaban J connectivity index is 1.76. The van der Waals surface area contributed by atoms with Gasteiger partial charge in [0.15, 0.2) is 0 Å². The van der Waals surface area contributed by atoms with E-state index in [0.717, 1.165) is 31.0 Å². The molecule has 1 saturated carbocycles. The van der Waals surface area contributed by atoms with Gasteiger partial charge in [0.05, 0.1) is 0 Å². The molecule has 0 N–H and O–H groups in total. The second kappa shape index (κ2) is 5.16. The Kier molecular flexibility index (Phi) is 3.86. The Hall–Kier alpha value is -0.0400. The lowest BCUT2D eigenvalue weighted by atomic mass is 9.74. The molecule has 0 aromatic rings. The first kappa shape index (κ1) is 10.5. The van der Waals surface area contributed by atoms with Gasteiger partial charge in [-0.15, -0.1) is 0 Å². The van der Waals surface area contributed by atoms with Crippen molar-refractivity contribution >= 4 is 0 Å².